The normalized spacial score (nSPS) is 14.7. The molecule has 2 aromatic rings. The molecular weight excluding hydrogens is 397 g/mol. The summed E-state index contributed by atoms with van der Waals surface area (Å²) in [5.74, 6) is 0.910. The molecule has 0 unspecified atom stereocenters. The van der Waals surface area contributed by atoms with Crippen molar-refractivity contribution in [3.8, 4) is 11.9 Å². The van der Waals surface area contributed by atoms with Gasteiger partial charge >= 0.3 is 5.97 Å². The van der Waals surface area contributed by atoms with Gasteiger partial charge in [-0.25, -0.2) is 4.39 Å². The average Bonchev–Trinajstić information content (AvgIpc) is 2.72. The first kappa shape index (κ1) is 22.5. The van der Waals surface area contributed by atoms with Gasteiger partial charge in [0, 0.05) is 31.1 Å². The van der Waals surface area contributed by atoms with Gasteiger partial charge in [-0.15, -0.1) is 0 Å². The van der Waals surface area contributed by atoms with Crippen molar-refractivity contribution in [3.63, 3.8) is 0 Å². The van der Waals surface area contributed by atoms with E-state index in [4.69, 9.17) is 14.7 Å². The first-order valence-electron chi connectivity index (χ1n) is 10.5. The van der Waals surface area contributed by atoms with Crippen molar-refractivity contribution in [2.75, 3.05) is 18.0 Å². The predicted molar refractivity (Wildman–Crippen MR) is 115 cm³/mol. The fraction of sp³-hybridized carbons (Fsp3) is 0.458. The zero-order chi connectivity index (χ0) is 22.4. The summed E-state index contributed by atoms with van der Waals surface area (Å²) in [7, 11) is 0. The second-order valence-corrected chi connectivity index (χ2v) is 8.76. The maximum atomic E-state index is 14.0. The first-order chi connectivity index (χ1) is 14.7. The fourth-order valence-electron chi connectivity index (χ4n) is 3.53. The number of rotatable bonds is 6. The number of piperidine rings is 1. The second-order valence-electron chi connectivity index (χ2n) is 8.76. The van der Waals surface area contributed by atoms with Gasteiger partial charge in [0.25, 0.3) is 0 Å². The molecule has 1 aromatic heterocycles. The maximum absolute atomic E-state index is 14.0. The molecule has 0 bridgehead atoms. The molecule has 0 atom stereocenters. The largest absolute Gasteiger partial charge is 0.473 e. The summed E-state index contributed by atoms with van der Waals surface area (Å²) in [5, 5.41) is 8.83. The third-order valence-corrected chi connectivity index (χ3v) is 5.08. The van der Waals surface area contributed by atoms with E-state index in [0.29, 0.717) is 23.8 Å². The van der Waals surface area contributed by atoms with Gasteiger partial charge in [0.05, 0.1) is 11.6 Å². The molecule has 1 aliphatic heterocycles. The fourth-order valence-corrected chi connectivity index (χ4v) is 3.53. The van der Waals surface area contributed by atoms with Crippen LogP contribution in [0, 0.1) is 23.1 Å². The van der Waals surface area contributed by atoms with E-state index in [1.54, 1.807) is 18.2 Å². The number of pyridine rings is 1. The lowest BCUT2D eigenvalue weighted by atomic mass is 9.93. The Bertz CT molecular complexity index is 957. The number of carbonyl (C=O) groups excluding carboxylic acids is 1. The van der Waals surface area contributed by atoms with Gasteiger partial charge in [0.1, 0.15) is 23.8 Å². The quantitative estimate of drug-likeness (QED) is 0.629. The lowest BCUT2D eigenvalue weighted by molar-refractivity contribution is -0.156. The highest BCUT2D eigenvalue weighted by molar-refractivity contribution is 5.70. The molecule has 1 aliphatic rings. The van der Waals surface area contributed by atoms with Crippen molar-refractivity contribution in [2.24, 2.45) is 5.92 Å². The lowest BCUT2D eigenvalue weighted by Gasteiger charge is -2.33. The van der Waals surface area contributed by atoms with E-state index in [0.717, 1.165) is 31.7 Å². The van der Waals surface area contributed by atoms with E-state index in [1.807, 2.05) is 39.0 Å². The molecule has 3 rings (SSSR count). The molecule has 0 amide bonds. The van der Waals surface area contributed by atoms with Crippen LogP contribution in [0.1, 0.15) is 51.2 Å². The number of nitrogens with zero attached hydrogens (tertiary/aromatic N) is 3. The summed E-state index contributed by atoms with van der Waals surface area (Å²) in [6.07, 6.45) is 2.22. The Kier molecular flexibility index (Phi) is 7.11. The van der Waals surface area contributed by atoms with E-state index < -0.39 is 11.4 Å². The molecule has 6 nitrogen and oxygen atoms in total. The minimum absolute atomic E-state index is 0.0337. The Balaban J connectivity index is 1.53. The Morgan fingerprint density at radius 3 is 2.65 bits per heavy atom. The smallest absolute Gasteiger partial charge is 0.306 e. The van der Waals surface area contributed by atoms with Crippen LogP contribution >= 0.6 is 0 Å². The van der Waals surface area contributed by atoms with E-state index in [9.17, 15) is 9.18 Å². The van der Waals surface area contributed by atoms with Crippen LogP contribution in [0.2, 0.25) is 0 Å². The Morgan fingerprint density at radius 1 is 1.26 bits per heavy atom. The molecule has 1 saturated heterocycles. The number of ether oxygens (including phenoxy) is 2. The van der Waals surface area contributed by atoms with Crippen LogP contribution in [0.4, 0.5) is 10.2 Å². The predicted octanol–water partition coefficient (Wildman–Crippen LogP) is 4.62. The number of halogens is 1. The zero-order valence-corrected chi connectivity index (χ0v) is 18.2. The minimum Gasteiger partial charge on any atom is -0.473 e. The van der Waals surface area contributed by atoms with Crippen LogP contribution < -0.4 is 9.64 Å². The maximum Gasteiger partial charge on any atom is 0.306 e. The van der Waals surface area contributed by atoms with Crippen LogP contribution in [0.3, 0.4) is 0 Å². The number of carbonyl (C=O) groups is 1. The summed E-state index contributed by atoms with van der Waals surface area (Å²) in [6.45, 7) is 7.27. The van der Waals surface area contributed by atoms with Crippen molar-refractivity contribution in [3.05, 3.63) is 53.3 Å². The minimum atomic E-state index is -0.470. The average molecular weight is 426 g/mol. The van der Waals surface area contributed by atoms with Gasteiger partial charge in [0.2, 0.25) is 5.88 Å². The molecule has 0 saturated carbocycles. The third-order valence-electron chi connectivity index (χ3n) is 5.08. The Hall–Kier alpha value is -3.14. The van der Waals surface area contributed by atoms with Crippen LogP contribution in [0.15, 0.2) is 36.4 Å². The van der Waals surface area contributed by atoms with E-state index in [2.05, 4.69) is 9.88 Å². The topological polar surface area (TPSA) is 75.4 Å². The summed E-state index contributed by atoms with van der Waals surface area (Å²) < 4.78 is 25.1. The van der Waals surface area contributed by atoms with E-state index in [-0.39, 0.29) is 18.1 Å². The Morgan fingerprint density at radius 2 is 2.00 bits per heavy atom. The first-order valence-corrected chi connectivity index (χ1v) is 10.5. The van der Waals surface area contributed by atoms with Gasteiger partial charge in [-0.1, -0.05) is 12.1 Å². The van der Waals surface area contributed by atoms with Gasteiger partial charge in [-0.2, -0.15) is 10.2 Å². The monoisotopic (exact) mass is 425 g/mol. The SMILES string of the molecule is CC(C)(C)OC(=O)CC1CCN(c2cccc(OCc3ccc(C#N)cc3F)n2)CC1. The van der Waals surface area contributed by atoms with Crippen LogP contribution in [0.5, 0.6) is 5.88 Å². The van der Waals surface area contributed by atoms with Crippen molar-refractivity contribution in [1.82, 2.24) is 4.98 Å². The van der Waals surface area contributed by atoms with E-state index in [1.165, 1.54) is 6.07 Å². The van der Waals surface area contributed by atoms with Gasteiger partial charge in [-0.05, 0) is 57.7 Å². The molecule has 1 fully saturated rings. The van der Waals surface area contributed by atoms with Crippen molar-refractivity contribution >= 4 is 11.8 Å². The van der Waals surface area contributed by atoms with E-state index >= 15 is 0 Å². The third kappa shape index (κ3) is 6.68. The summed E-state index contributed by atoms with van der Waals surface area (Å²) >= 11 is 0. The number of benzene rings is 1. The highest BCUT2D eigenvalue weighted by atomic mass is 19.1. The Labute approximate surface area is 182 Å². The van der Waals surface area contributed by atoms with Crippen molar-refractivity contribution in [2.45, 2.75) is 52.2 Å². The van der Waals surface area contributed by atoms with Crippen LogP contribution in [-0.4, -0.2) is 29.6 Å². The van der Waals surface area contributed by atoms with Crippen molar-refractivity contribution < 1.29 is 18.7 Å². The molecule has 0 radical (unpaired) electrons. The number of esters is 1. The number of hydrogen-bond donors (Lipinski definition) is 0. The number of aromatic nitrogens is 1. The van der Waals surface area contributed by atoms with Crippen LogP contribution in [-0.2, 0) is 16.1 Å². The van der Waals surface area contributed by atoms with Gasteiger partial charge < -0.3 is 14.4 Å². The highest BCUT2D eigenvalue weighted by Crippen LogP contribution is 2.26. The molecular formula is C24H28FN3O3. The summed E-state index contributed by atoms with van der Waals surface area (Å²) in [5.41, 5.74) is 0.189. The molecule has 0 aliphatic carbocycles. The molecule has 31 heavy (non-hydrogen) atoms. The number of anilines is 1. The number of hydrogen-bond acceptors (Lipinski definition) is 6. The molecule has 0 spiro atoms. The standard InChI is InChI=1S/C24H28FN3O3/c1-24(2,3)31-23(29)14-17-9-11-28(12-10-17)21-5-4-6-22(27-21)30-16-19-8-7-18(15-26)13-20(19)25/h4-8,13,17H,9-12,14,16H2,1-3H3. The second kappa shape index (κ2) is 9.78. The molecule has 0 N–H and O–H groups in total. The number of nitriles is 1. The molecule has 7 heteroatoms. The molecule has 1 aromatic carbocycles. The van der Waals surface area contributed by atoms with Gasteiger partial charge in [-0.3, -0.25) is 4.79 Å². The van der Waals surface area contributed by atoms with Gasteiger partial charge in [0.15, 0.2) is 0 Å². The zero-order valence-electron chi connectivity index (χ0n) is 18.2. The van der Waals surface area contributed by atoms with Crippen LogP contribution in [0.25, 0.3) is 0 Å². The summed E-state index contributed by atoms with van der Waals surface area (Å²) in [6, 6.07) is 11.7. The molecule has 2 heterocycles. The lowest BCUT2D eigenvalue weighted by Crippen LogP contribution is -2.35. The van der Waals surface area contributed by atoms with Crippen molar-refractivity contribution in [1.29, 1.82) is 5.26 Å². The molecule has 164 valence electrons. The highest BCUT2D eigenvalue weighted by Gasteiger charge is 2.25. The summed E-state index contributed by atoms with van der Waals surface area (Å²) in [4.78, 5) is 18.8.